The Hall–Kier alpha value is -2.02. The summed E-state index contributed by atoms with van der Waals surface area (Å²) < 4.78 is 1.27. The van der Waals surface area contributed by atoms with Crippen molar-refractivity contribution in [1.29, 1.82) is 0 Å². The summed E-state index contributed by atoms with van der Waals surface area (Å²) in [5, 5.41) is 5.61. The van der Waals surface area contributed by atoms with Crippen LogP contribution in [0.25, 0.3) is 0 Å². The van der Waals surface area contributed by atoms with Crippen molar-refractivity contribution >= 4 is 17.2 Å². The summed E-state index contributed by atoms with van der Waals surface area (Å²) in [4.78, 5) is 31.1. The largest absolute Gasteiger partial charge is 0.347 e. The van der Waals surface area contributed by atoms with Gasteiger partial charge in [-0.2, -0.15) is 0 Å². The molecular formula is C12H14N4O2S. The third-order valence-corrected chi connectivity index (χ3v) is 3.48. The molecule has 0 aliphatic heterocycles. The number of carbonyl (C=O) groups is 1. The van der Waals surface area contributed by atoms with Crippen LogP contribution >= 0.6 is 11.3 Å². The summed E-state index contributed by atoms with van der Waals surface area (Å²) >= 11 is 1.50. The van der Waals surface area contributed by atoms with Gasteiger partial charge >= 0.3 is 5.69 Å². The first-order chi connectivity index (χ1) is 9.20. The highest BCUT2D eigenvalue weighted by molar-refractivity contribution is 7.09. The molecule has 0 saturated carbocycles. The summed E-state index contributed by atoms with van der Waals surface area (Å²) in [6.07, 6.45) is 5.40. The van der Waals surface area contributed by atoms with E-state index in [0.29, 0.717) is 0 Å². The lowest BCUT2D eigenvalue weighted by Gasteiger charge is -2.14. The second kappa shape index (κ2) is 6.24. The predicted octanol–water partition coefficient (Wildman–Crippen LogP) is 0.967. The molecule has 0 saturated heterocycles. The van der Waals surface area contributed by atoms with E-state index in [0.717, 1.165) is 11.4 Å². The summed E-state index contributed by atoms with van der Waals surface area (Å²) in [6, 6.07) is 1.51. The van der Waals surface area contributed by atoms with Crippen LogP contribution in [-0.2, 0) is 11.3 Å². The lowest BCUT2D eigenvalue weighted by atomic mass is 10.2. The molecule has 2 rings (SSSR count). The third kappa shape index (κ3) is 3.47. The Morgan fingerprint density at radius 1 is 1.47 bits per heavy atom. The fraction of sp³-hybridized carbons (Fsp3) is 0.333. The van der Waals surface area contributed by atoms with Crippen molar-refractivity contribution < 1.29 is 4.79 Å². The van der Waals surface area contributed by atoms with Crippen LogP contribution in [0.1, 0.15) is 24.4 Å². The van der Waals surface area contributed by atoms with Crippen molar-refractivity contribution in [1.82, 2.24) is 19.9 Å². The molecule has 0 aromatic carbocycles. The van der Waals surface area contributed by atoms with Crippen molar-refractivity contribution in [3.63, 3.8) is 0 Å². The van der Waals surface area contributed by atoms with Gasteiger partial charge in [-0.1, -0.05) is 6.92 Å². The smallest absolute Gasteiger partial charge is 0.345 e. The molecule has 100 valence electrons. The molecule has 0 unspecified atom stereocenters. The van der Waals surface area contributed by atoms with Gasteiger partial charge in [0.1, 0.15) is 11.6 Å². The molecule has 1 amide bonds. The molecule has 19 heavy (non-hydrogen) atoms. The second-order valence-electron chi connectivity index (χ2n) is 3.93. The molecule has 7 heteroatoms. The number of nitrogens with zero attached hydrogens (tertiary/aromatic N) is 3. The Kier molecular flexibility index (Phi) is 4.40. The van der Waals surface area contributed by atoms with Gasteiger partial charge in [0.05, 0.1) is 6.04 Å². The summed E-state index contributed by atoms with van der Waals surface area (Å²) in [6.45, 7) is 1.94. The van der Waals surface area contributed by atoms with E-state index in [9.17, 15) is 9.59 Å². The molecular weight excluding hydrogens is 264 g/mol. The van der Waals surface area contributed by atoms with Gasteiger partial charge in [-0.15, -0.1) is 11.3 Å². The van der Waals surface area contributed by atoms with Gasteiger partial charge in [-0.25, -0.2) is 14.8 Å². The van der Waals surface area contributed by atoms with Gasteiger partial charge in [0.2, 0.25) is 5.91 Å². The second-order valence-corrected chi connectivity index (χ2v) is 4.86. The van der Waals surface area contributed by atoms with E-state index in [1.54, 1.807) is 18.5 Å². The Labute approximate surface area is 114 Å². The van der Waals surface area contributed by atoms with Gasteiger partial charge < -0.3 is 5.32 Å². The minimum atomic E-state index is -0.431. The molecule has 1 N–H and O–H groups in total. The minimum absolute atomic E-state index is 0.0332. The van der Waals surface area contributed by atoms with Crippen molar-refractivity contribution in [3.8, 4) is 0 Å². The number of thiazole rings is 1. The fourth-order valence-corrected chi connectivity index (χ4v) is 2.42. The summed E-state index contributed by atoms with van der Waals surface area (Å²) in [5.74, 6) is -0.225. The summed E-state index contributed by atoms with van der Waals surface area (Å²) in [7, 11) is 0. The van der Waals surface area contributed by atoms with Gasteiger partial charge in [-0.3, -0.25) is 9.36 Å². The zero-order valence-electron chi connectivity index (χ0n) is 10.4. The molecule has 2 aromatic heterocycles. The number of nitrogens with one attached hydrogen (secondary N) is 1. The fourth-order valence-electron chi connectivity index (χ4n) is 1.65. The van der Waals surface area contributed by atoms with E-state index in [-0.39, 0.29) is 18.5 Å². The van der Waals surface area contributed by atoms with Crippen molar-refractivity contribution in [3.05, 3.63) is 45.5 Å². The van der Waals surface area contributed by atoms with E-state index in [1.807, 2.05) is 12.3 Å². The number of rotatable bonds is 5. The van der Waals surface area contributed by atoms with E-state index in [1.165, 1.54) is 22.1 Å². The lowest BCUT2D eigenvalue weighted by Crippen LogP contribution is -2.34. The topological polar surface area (TPSA) is 76.9 Å². The molecule has 0 fully saturated rings. The monoisotopic (exact) mass is 278 g/mol. The zero-order chi connectivity index (χ0) is 13.7. The predicted molar refractivity (Wildman–Crippen MR) is 71.8 cm³/mol. The molecule has 0 bridgehead atoms. The van der Waals surface area contributed by atoms with E-state index < -0.39 is 5.69 Å². The Morgan fingerprint density at radius 2 is 2.32 bits per heavy atom. The van der Waals surface area contributed by atoms with Crippen LogP contribution in [0.2, 0.25) is 0 Å². The van der Waals surface area contributed by atoms with Crippen LogP contribution in [-0.4, -0.2) is 20.4 Å². The number of amides is 1. The number of aromatic nitrogens is 3. The average molecular weight is 278 g/mol. The maximum atomic E-state index is 11.9. The number of hydrogen-bond donors (Lipinski definition) is 1. The van der Waals surface area contributed by atoms with E-state index >= 15 is 0 Å². The van der Waals surface area contributed by atoms with E-state index in [2.05, 4.69) is 15.3 Å². The molecule has 0 radical (unpaired) electrons. The highest BCUT2D eigenvalue weighted by Gasteiger charge is 2.15. The zero-order valence-corrected chi connectivity index (χ0v) is 11.3. The van der Waals surface area contributed by atoms with Crippen molar-refractivity contribution in [2.24, 2.45) is 0 Å². The van der Waals surface area contributed by atoms with Gasteiger partial charge in [0.25, 0.3) is 0 Å². The highest BCUT2D eigenvalue weighted by Crippen LogP contribution is 2.18. The first-order valence-corrected chi connectivity index (χ1v) is 6.79. The molecule has 2 aromatic rings. The SMILES string of the molecule is CC[C@@H](NC(=O)Cn1cccnc1=O)c1nccs1. The first kappa shape index (κ1) is 13.4. The van der Waals surface area contributed by atoms with Crippen molar-refractivity contribution in [2.75, 3.05) is 0 Å². The first-order valence-electron chi connectivity index (χ1n) is 5.91. The Balaban J connectivity index is 2.01. The van der Waals surface area contributed by atoms with Crippen LogP contribution in [0.3, 0.4) is 0 Å². The van der Waals surface area contributed by atoms with Gasteiger partial charge in [0.15, 0.2) is 0 Å². The van der Waals surface area contributed by atoms with Crippen LogP contribution in [0.4, 0.5) is 0 Å². The lowest BCUT2D eigenvalue weighted by molar-refractivity contribution is -0.122. The Morgan fingerprint density at radius 3 is 2.95 bits per heavy atom. The highest BCUT2D eigenvalue weighted by atomic mass is 32.1. The third-order valence-electron chi connectivity index (χ3n) is 2.59. The average Bonchev–Trinajstić information content (AvgIpc) is 2.92. The van der Waals surface area contributed by atoms with Gasteiger partial charge in [0, 0.05) is 24.0 Å². The molecule has 0 aliphatic carbocycles. The molecule has 6 nitrogen and oxygen atoms in total. The van der Waals surface area contributed by atoms with Crippen LogP contribution in [0.15, 0.2) is 34.8 Å². The quantitative estimate of drug-likeness (QED) is 0.884. The maximum absolute atomic E-state index is 11.9. The molecule has 0 spiro atoms. The van der Waals surface area contributed by atoms with Crippen LogP contribution in [0.5, 0.6) is 0 Å². The molecule has 1 atom stereocenters. The van der Waals surface area contributed by atoms with Crippen LogP contribution < -0.4 is 11.0 Å². The van der Waals surface area contributed by atoms with Gasteiger partial charge in [-0.05, 0) is 12.5 Å². The molecule has 2 heterocycles. The standard InChI is InChI=1S/C12H14N4O2S/c1-2-9(11-13-5-7-19-11)15-10(17)8-16-6-3-4-14-12(16)18/h3-7,9H,2,8H2,1H3,(H,15,17)/t9-/m1/s1. The Bertz CT molecular complexity index is 594. The number of carbonyl (C=O) groups excluding carboxylic acids is 1. The minimum Gasteiger partial charge on any atom is -0.345 e. The maximum Gasteiger partial charge on any atom is 0.347 e. The normalized spacial score (nSPS) is 12.1. The molecule has 0 aliphatic rings. The summed E-state index contributed by atoms with van der Waals surface area (Å²) in [5.41, 5.74) is -0.431. The van der Waals surface area contributed by atoms with E-state index in [4.69, 9.17) is 0 Å². The number of hydrogen-bond acceptors (Lipinski definition) is 5. The van der Waals surface area contributed by atoms with Crippen molar-refractivity contribution in [2.45, 2.75) is 25.9 Å². The van der Waals surface area contributed by atoms with Crippen LogP contribution in [0, 0.1) is 0 Å².